The fourth-order valence-corrected chi connectivity index (χ4v) is 4.09. The Labute approximate surface area is 182 Å². The fraction of sp³-hybridized carbons (Fsp3) is 0.238. The van der Waals surface area contributed by atoms with Gasteiger partial charge in [-0.1, -0.05) is 37.3 Å². The number of rotatable bonds is 7. The average molecular weight is 444 g/mol. The van der Waals surface area contributed by atoms with Crippen LogP contribution in [-0.4, -0.2) is 33.4 Å². The van der Waals surface area contributed by atoms with Crippen LogP contribution >= 0.6 is 23.6 Å². The number of nitrogens with zero attached hydrogens (tertiary/aromatic N) is 2. The van der Waals surface area contributed by atoms with Crippen LogP contribution < -0.4 is 5.56 Å². The molecular formula is C21H21N3O4S2. The summed E-state index contributed by atoms with van der Waals surface area (Å²) >= 11 is 6.41. The van der Waals surface area contributed by atoms with Crippen LogP contribution in [0, 0.1) is 4.77 Å². The lowest BCUT2D eigenvalue weighted by molar-refractivity contribution is 0.0528. The highest BCUT2D eigenvalue weighted by Crippen LogP contribution is 2.37. The first-order chi connectivity index (χ1) is 14.5. The number of nitrogens with one attached hydrogen (secondary N) is 1. The smallest absolute Gasteiger partial charge is 0.341 e. The Bertz CT molecular complexity index is 1190. The quantitative estimate of drug-likeness (QED) is 0.314. The van der Waals surface area contributed by atoms with Gasteiger partial charge in [-0.2, -0.15) is 0 Å². The van der Waals surface area contributed by atoms with Gasteiger partial charge in [0.15, 0.2) is 4.77 Å². The van der Waals surface area contributed by atoms with E-state index in [2.05, 4.69) is 9.98 Å². The van der Waals surface area contributed by atoms with E-state index in [4.69, 9.17) is 17.0 Å². The number of aromatic hydroxyl groups is 1. The summed E-state index contributed by atoms with van der Waals surface area (Å²) in [5.74, 6) is -0.755. The molecule has 0 aliphatic carbocycles. The first kappa shape index (κ1) is 21.7. The van der Waals surface area contributed by atoms with Crippen LogP contribution in [0.5, 0.6) is 5.88 Å². The number of aromatic amines is 1. The first-order valence-electron chi connectivity index (χ1n) is 9.42. The Morgan fingerprint density at radius 3 is 2.73 bits per heavy atom. The summed E-state index contributed by atoms with van der Waals surface area (Å²) in [6.45, 7) is 4.35. The summed E-state index contributed by atoms with van der Waals surface area (Å²) in [6, 6.07) is 11.3. The van der Waals surface area contributed by atoms with Crippen molar-refractivity contribution in [1.82, 2.24) is 9.55 Å². The van der Waals surface area contributed by atoms with E-state index in [1.165, 1.54) is 22.1 Å². The van der Waals surface area contributed by atoms with Crippen molar-refractivity contribution >= 4 is 40.7 Å². The predicted octanol–water partition coefficient (Wildman–Crippen LogP) is 4.68. The number of esters is 1. The molecule has 2 heterocycles. The summed E-state index contributed by atoms with van der Waals surface area (Å²) in [6.07, 6.45) is 1.97. The van der Waals surface area contributed by atoms with Crippen molar-refractivity contribution in [2.45, 2.75) is 26.8 Å². The molecule has 2 aromatic heterocycles. The van der Waals surface area contributed by atoms with Crippen LogP contribution in [0.4, 0.5) is 5.00 Å². The van der Waals surface area contributed by atoms with E-state index in [9.17, 15) is 14.7 Å². The Balaban J connectivity index is 2.08. The lowest BCUT2D eigenvalue weighted by Gasteiger charge is -2.09. The van der Waals surface area contributed by atoms with Gasteiger partial charge in [0.1, 0.15) is 10.6 Å². The number of carbonyl (C=O) groups is 1. The van der Waals surface area contributed by atoms with E-state index in [1.807, 2.05) is 37.3 Å². The third kappa shape index (κ3) is 4.58. The third-order valence-corrected chi connectivity index (χ3v) is 5.65. The fourth-order valence-electron chi connectivity index (χ4n) is 2.82. The number of aliphatic imine (C=N–C) groups is 1. The van der Waals surface area contributed by atoms with Crippen molar-refractivity contribution in [2.75, 3.05) is 6.61 Å². The van der Waals surface area contributed by atoms with Crippen LogP contribution in [-0.2, 0) is 11.3 Å². The Morgan fingerprint density at radius 1 is 1.33 bits per heavy atom. The topological polar surface area (TPSA) is 96.7 Å². The molecule has 0 unspecified atom stereocenters. The summed E-state index contributed by atoms with van der Waals surface area (Å²) in [5, 5.41) is 10.9. The number of thiophene rings is 1. The largest absolute Gasteiger partial charge is 0.494 e. The molecule has 0 aliphatic heterocycles. The van der Waals surface area contributed by atoms with Crippen LogP contribution in [0.25, 0.3) is 10.4 Å². The standard InChI is InChI=1S/C21H21N3O4S2/c1-3-10-24-19(26)15(17(25)23-21(24)29)12-22-18-14(20(27)28-4-2)11-16(30-18)13-8-6-5-7-9-13/h5-9,11-12,26H,3-4,10H2,1-2H3,(H,23,25,29). The van der Waals surface area contributed by atoms with Gasteiger partial charge in [-0.15, -0.1) is 11.3 Å². The number of benzene rings is 1. The lowest BCUT2D eigenvalue weighted by Crippen LogP contribution is -2.18. The molecule has 30 heavy (non-hydrogen) atoms. The van der Waals surface area contributed by atoms with E-state index in [0.717, 1.165) is 16.9 Å². The second-order valence-corrected chi connectivity index (χ2v) is 7.74. The number of hydrogen-bond donors (Lipinski definition) is 2. The maximum Gasteiger partial charge on any atom is 0.341 e. The number of aromatic nitrogens is 2. The highest BCUT2D eigenvalue weighted by molar-refractivity contribution is 7.71. The minimum atomic E-state index is -0.550. The van der Waals surface area contributed by atoms with Crippen LogP contribution in [0.3, 0.4) is 0 Å². The molecule has 1 aromatic carbocycles. The van der Waals surface area contributed by atoms with Gasteiger partial charge in [0, 0.05) is 17.6 Å². The summed E-state index contributed by atoms with van der Waals surface area (Å²) < 4.78 is 6.73. The molecule has 0 radical (unpaired) electrons. The normalized spacial score (nSPS) is 11.1. The molecule has 156 valence electrons. The minimum absolute atomic E-state index is 0.0264. The molecule has 0 spiro atoms. The summed E-state index contributed by atoms with van der Waals surface area (Å²) in [5.41, 5.74) is 0.660. The molecule has 0 atom stereocenters. The predicted molar refractivity (Wildman–Crippen MR) is 121 cm³/mol. The van der Waals surface area contributed by atoms with Gasteiger partial charge in [0.2, 0.25) is 5.88 Å². The molecule has 0 saturated carbocycles. The van der Waals surface area contributed by atoms with Crippen molar-refractivity contribution in [3.8, 4) is 16.3 Å². The third-order valence-electron chi connectivity index (χ3n) is 4.23. The maximum atomic E-state index is 12.4. The second-order valence-electron chi connectivity index (χ2n) is 6.32. The molecule has 0 bridgehead atoms. The van der Waals surface area contributed by atoms with Gasteiger partial charge in [-0.25, -0.2) is 9.79 Å². The summed E-state index contributed by atoms with van der Waals surface area (Å²) in [7, 11) is 0. The van der Waals surface area contributed by atoms with Crippen LogP contribution in [0.2, 0.25) is 0 Å². The molecule has 0 saturated heterocycles. The molecular weight excluding hydrogens is 422 g/mol. The molecule has 0 fully saturated rings. The zero-order valence-corrected chi connectivity index (χ0v) is 18.2. The lowest BCUT2D eigenvalue weighted by atomic mass is 10.1. The molecule has 0 aliphatic rings. The SMILES string of the molecule is CCCn1c(O)c(C=Nc2sc(-c3ccccc3)cc2C(=O)OCC)c(=O)[nH]c1=S. The zero-order valence-electron chi connectivity index (χ0n) is 16.5. The number of ether oxygens (including phenoxy) is 1. The Hall–Kier alpha value is -3.04. The highest BCUT2D eigenvalue weighted by Gasteiger charge is 2.18. The van der Waals surface area contributed by atoms with Crippen LogP contribution in [0.1, 0.15) is 36.2 Å². The maximum absolute atomic E-state index is 12.4. The molecule has 3 aromatic rings. The molecule has 2 N–H and O–H groups in total. The molecule has 7 nitrogen and oxygen atoms in total. The van der Waals surface area contributed by atoms with Gasteiger partial charge in [0.05, 0.1) is 12.2 Å². The second kappa shape index (κ2) is 9.64. The summed E-state index contributed by atoms with van der Waals surface area (Å²) in [4.78, 5) is 32.4. The first-order valence-corrected chi connectivity index (χ1v) is 10.6. The van der Waals surface area contributed by atoms with Crippen molar-refractivity contribution < 1.29 is 14.6 Å². The number of hydrogen-bond acceptors (Lipinski definition) is 7. The van der Waals surface area contributed by atoms with Crippen molar-refractivity contribution in [3.05, 3.63) is 62.6 Å². The zero-order chi connectivity index (χ0) is 21.7. The molecule has 0 amide bonds. The van der Waals surface area contributed by atoms with Gasteiger partial charge in [-0.05, 0) is 37.2 Å². The monoisotopic (exact) mass is 443 g/mol. The van der Waals surface area contributed by atoms with E-state index in [-0.39, 0.29) is 22.8 Å². The van der Waals surface area contributed by atoms with Crippen molar-refractivity contribution in [1.29, 1.82) is 0 Å². The molecule has 9 heteroatoms. The highest BCUT2D eigenvalue weighted by atomic mass is 32.1. The van der Waals surface area contributed by atoms with E-state index in [0.29, 0.717) is 17.1 Å². The van der Waals surface area contributed by atoms with Crippen molar-refractivity contribution in [3.63, 3.8) is 0 Å². The van der Waals surface area contributed by atoms with E-state index in [1.54, 1.807) is 13.0 Å². The Kier molecular flexibility index (Phi) is 6.96. The van der Waals surface area contributed by atoms with Crippen LogP contribution in [0.15, 0.2) is 46.2 Å². The number of carbonyl (C=O) groups excluding carboxylic acids is 1. The van der Waals surface area contributed by atoms with E-state index >= 15 is 0 Å². The minimum Gasteiger partial charge on any atom is -0.494 e. The van der Waals surface area contributed by atoms with Gasteiger partial charge in [0.25, 0.3) is 5.56 Å². The van der Waals surface area contributed by atoms with Gasteiger partial charge >= 0.3 is 5.97 Å². The van der Waals surface area contributed by atoms with E-state index < -0.39 is 11.5 Å². The average Bonchev–Trinajstić information content (AvgIpc) is 3.16. The van der Waals surface area contributed by atoms with Gasteiger partial charge < -0.3 is 9.84 Å². The van der Waals surface area contributed by atoms with Gasteiger partial charge in [-0.3, -0.25) is 14.3 Å². The molecule has 3 rings (SSSR count). The van der Waals surface area contributed by atoms with Crippen molar-refractivity contribution in [2.24, 2.45) is 4.99 Å². The Morgan fingerprint density at radius 2 is 2.07 bits per heavy atom. The number of H-pyrrole nitrogens is 1.